The van der Waals surface area contributed by atoms with Crippen LogP contribution in [0.5, 0.6) is 17.4 Å². The first-order chi connectivity index (χ1) is 14.3. The van der Waals surface area contributed by atoms with E-state index in [0.717, 1.165) is 6.42 Å². The molecule has 30 heavy (non-hydrogen) atoms. The van der Waals surface area contributed by atoms with Crippen LogP contribution in [0.1, 0.15) is 41.1 Å². The molecule has 2 heterocycles. The van der Waals surface area contributed by atoms with E-state index in [4.69, 9.17) is 14.2 Å². The fourth-order valence-electron chi connectivity index (χ4n) is 2.64. The summed E-state index contributed by atoms with van der Waals surface area (Å²) in [7, 11) is 0. The number of carboxylic acid groups (broad SMARTS) is 1. The van der Waals surface area contributed by atoms with Crippen LogP contribution in [0.15, 0.2) is 30.6 Å². The Morgan fingerprint density at radius 1 is 1.17 bits per heavy atom. The molecule has 0 aliphatic carbocycles. The molecule has 0 spiro atoms. The van der Waals surface area contributed by atoms with Crippen molar-refractivity contribution in [1.82, 2.24) is 14.9 Å². The normalized spacial score (nSPS) is 15.1. The molecule has 2 aromatic rings. The summed E-state index contributed by atoms with van der Waals surface area (Å²) in [6, 6.07) is 4.11. The van der Waals surface area contributed by atoms with E-state index in [1.54, 1.807) is 11.8 Å². The third kappa shape index (κ3) is 5.63. The highest BCUT2D eigenvalue weighted by atomic mass is 19.1. The molecule has 1 unspecified atom stereocenters. The number of ether oxygens (including phenoxy) is 3. The Morgan fingerprint density at radius 2 is 1.90 bits per heavy atom. The molecule has 3 rings (SSSR count). The van der Waals surface area contributed by atoms with Crippen molar-refractivity contribution in [2.24, 2.45) is 0 Å². The fraction of sp³-hybridized carbons (Fsp3) is 0.400. The zero-order valence-electron chi connectivity index (χ0n) is 16.6. The van der Waals surface area contributed by atoms with Crippen LogP contribution in [0.4, 0.5) is 4.39 Å². The van der Waals surface area contributed by atoms with Crippen LogP contribution in [-0.4, -0.2) is 64.0 Å². The Labute approximate surface area is 172 Å². The van der Waals surface area contributed by atoms with E-state index in [0.29, 0.717) is 13.1 Å². The number of hydrogen-bond acceptors (Lipinski definition) is 7. The maximum absolute atomic E-state index is 12.8. The van der Waals surface area contributed by atoms with Gasteiger partial charge >= 0.3 is 5.97 Å². The molecule has 0 radical (unpaired) electrons. The van der Waals surface area contributed by atoms with Crippen molar-refractivity contribution in [1.29, 1.82) is 0 Å². The first-order valence-electron chi connectivity index (χ1n) is 9.41. The minimum atomic E-state index is -1.44. The topological polar surface area (TPSA) is 111 Å². The molecule has 9 nitrogen and oxygen atoms in total. The van der Waals surface area contributed by atoms with Gasteiger partial charge < -0.3 is 24.2 Å². The van der Waals surface area contributed by atoms with Crippen molar-refractivity contribution in [3.8, 4) is 17.4 Å². The molecule has 1 fully saturated rings. The number of likely N-dealkylation sites (tertiary alicyclic amines) is 1. The van der Waals surface area contributed by atoms with Gasteiger partial charge in [-0.3, -0.25) is 4.79 Å². The van der Waals surface area contributed by atoms with E-state index in [2.05, 4.69) is 9.97 Å². The summed E-state index contributed by atoms with van der Waals surface area (Å²) in [5.41, 5.74) is 0.147. The van der Waals surface area contributed by atoms with Crippen molar-refractivity contribution in [3.63, 3.8) is 0 Å². The number of halogens is 1. The van der Waals surface area contributed by atoms with Gasteiger partial charge in [0.1, 0.15) is 23.3 Å². The summed E-state index contributed by atoms with van der Waals surface area (Å²) in [5.74, 6) is -0.903. The van der Waals surface area contributed by atoms with E-state index in [-0.39, 0.29) is 41.2 Å². The molecular weight excluding hydrogens is 397 g/mol. The second-order valence-corrected chi connectivity index (χ2v) is 6.79. The number of carbonyl (C=O) groups is 2. The Balaban J connectivity index is 1.71. The lowest BCUT2D eigenvalue weighted by atomic mass is 10.2. The van der Waals surface area contributed by atoms with Gasteiger partial charge in [-0.05, 0) is 32.4 Å². The molecule has 0 saturated carbocycles. The minimum absolute atomic E-state index is 0.0108. The Bertz CT molecular complexity index is 902. The van der Waals surface area contributed by atoms with E-state index < -0.39 is 18.4 Å². The number of benzene rings is 1. The first kappa shape index (κ1) is 21.4. The van der Waals surface area contributed by atoms with Gasteiger partial charge in [0, 0.05) is 19.2 Å². The molecule has 0 bridgehead atoms. The van der Waals surface area contributed by atoms with Crippen molar-refractivity contribution < 1.29 is 33.3 Å². The molecule has 1 amide bonds. The molecule has 10 heteroatoms. The van der Waals surface area contributed by atoms with E-state index in [1.165, 1.54) is 37.5 Å². The monoisotopic (exact) mass is 419 g/mol. The third-order valence-corrected chi connectivity index (χ3v) is 4.24. The molecule has 1 aromatic heterocycles. The number of aromatic carboxylic acids is 1. The van der Waals surface area contributed by atoms with Crippen molar-refractivity contribution in [3.05, 3.63) is 41.9 Å². The number of amides is 1. The second-order valence-electron chi connectivity index (χ2n) is 6.79. The molecule has 160 valence electrons. The van der Waals surface area contributed by atoms with E-state index in [9.17, 15) is 19.1 Å². The van der Waals surface area contributed by atoms with Gasteiger partial charge in [0.2, 0.25) is 5.88 Å². The van der Waals surface area contributed by atoms with Crippen molar-refractivity contribution in [2.75, 3.05) is 19.7 Å². The summed E-state index contributed by atoms with van der Waals surface area (Å²) in [4.78, 5) is 33.3. The van der Waals surface area contributed by atoms with Gasteiger partial charge in [0.05, 0.1) is 24.6 Å². The Kier molecular flexibility index (Phi) is 6.78. The molecule has 1 aliphatic rings. The van der Waals surface area contributed by atoms with Crippen LogP contribution < -0.4 is 9.47 Å². The van der Waals surface area contributed by atoms with Gasteiger partial charge in [0.15, 0.2) is 6.36 Å². The van der Waals surface area contributed by atoms with E-state index in [1.807, 2.05) is 0 Å². The highest BCUT2D eigenvalue weighted by molar-refractivity contribution is 5.92. The second kappa shape index (κ2) is 9.49. The fourth-order valence-corrected chi connectivity index (χ4v) is 2.64. The summed E-state index contributed by atoms with van der Waals surface area (Å²) < 4.78 is 28.9. The molecule has 1 aromatic carbocycles. The van der Waals surface area contributed by atoms with Gasteiger partial charge in [-0.2, -0.15) is 0 Å². The largest absolute Gasteiger partial charge is 0.488 e. The lowest BCUT2D eigenvalue weighted by Crippen LogP contribution is -2.42. The lowest BCUT2D eigenvalue weighted by molar-refractivity contribution is -0.0524. The standard InChI is InChI=1S/C20H22FN3O6/c1-12(11-28-13(2)21)29-15-6-14(20(26)27)7-16(8-15)30-18-10-22-17(9-23-18)19(25)24-4-3-5-24/h6-10,12-13H,3-5,11H2,1-2H3,(H,26,27)/t12-,13?/m0/s1. The summed E-state index contributed by atoms with van der Waals surface area (Å²) >= 11 is 0. The Hall–Kier alpha value is -3.27. The predicted molar refractivity (Wildman–Crippen MR) is 103 cm³/mol. The van der Waals surface area contributed by atoms with Crippen molar-refractivity contribution in [2.45, 2.75) is 32.7 Å². The molecule has 1 aliphatic heterocycles. The van der Waals surface area contributed by atoms with Gasteiger partial charge in [0.25, 0.3) is 5.91 Å². The van der Waals surface area contributed by atoms with Crippen LogP contribution in [0.2, 0.25) is 0 Å². The minimum Gasteiger partial charge on any atom is -0.488 e. The van der Waals surface area contributed by atoms with Gasteiger partial charge in [-0.15, -0.1) is 0 Å². The summed E-state index contributed by atoms with van der Waals surface area (Å²) in [6.45, 7) is 4.32. The average molecular weight is 419 g/mol. The predicted octanol–water partition coefficient (Wildman–Crippen LogP) is 2.91. The van der Waals surface area contributed by atoms with Gasteiger partial charge in [-0.1, -0.05) is 0 Å². The van der Waals surface area contributed by atoms with E-state index >= 15 is 0 Å². The molecule has 1 N–H and O–H groups in total. The zero-order valence-corrected chi connectivity index (χ0v) is 16.6. The number of alkyl halides is 1. The third-order valence-electron chi connectivity index (χ3n) is 4.24. The number of aromatic nitrogens is 2. The zero-order chi connectivity index (χ0) is 21.7. The van der Waals surface area contributed by atoms with Crippen LogP contribution in [0.3, 0.4) is 0 Å². The number of rotatable bonds is 9. The van der Waals surface area contributed by atoms with Crippen LogP contribution in [0, 0.1) is 0 Å². The smallest absolute Gasteiger partial charge is 0.335 e. The number of hydrogen-bond donors (Lipinski definition) is 1. The molecule has 2 atom stereocenters. The number of nitrogens with zero attached hydrogens (tertiary/aromatic N) is 3. The maximum atomic E-state index is 12.8. The average Bonchev–Trinajstić information content (AvgIpc) is 2.65. The number of carbonyl (C=O) groups excluding carboxylic acids is 1. The van der Waals surface area contributed by atoms with Crippen LogP contribution >= 0.6 is 0 Å². The lowest BCUT2D eigenvalue weighted by Gasteiger charge is -2.30. The van der Waals surface area contributed by atoms with Crippen molar-refractivity contribution >= 4 is 11.9 Å². The first-order valence-corrected chi connectivity index (χ1v) is 9.41. The highest BCUT2D eigenvalue weighted by Crippen LogP contribution is 2.27. The summed E-state index contributed by atoms with van der Waals surface area (Å²) in [6.07, 6.45) is 1.62. The quantitative estimate of drug-likeness (QED) is 0.660. The maximum Gasteiger partial charge on any atom is 0.335 e. The van der Waals surface area contributed by atoms with Crippen LogP contribution in [0.25, 0.3) is 0 Å². The number of carboxylic acids is 1. The SMILES string of the molecule is CC(F)OC[C@H](C)Oc1cc(Oc2cnc(C(=O)N3CCC3)cn2)cc(C(=O)O)c1. The molecule has 1 saturated heterocycles. The highest BCUT2D eigenvalue weighted by Gasteiger charge is 2.23. The Morgan fingerprint density at radius 3 is 2.47 bits per heavy atom. The van der Waals surface area contributed by atoms with Crippen LogP contribution in [-0.2, 0) is 4.74 Å². The molecular formula is C20H22FN3O6. The van der Waals surface area contributed by atoms with Gasteiger partial charge in [-0.25, -0.2) is 19.2 Å². The summed E-state index contributed by atoms with van der Waals surface area (Å²) in [5, 5.41) is 9.33.